The quantitative estimate of drug-likeness (QED) is 0.214. The largest absolute Gasteiger partial charge is 0.516 e. The minimum Gasteiger partial charge on any atom is -0.373 e. The van der Waals surface area contributed by atoms with Gasteiger partial charge >= 0.3 is 27.5 Å². The van der Waals surface area contributed by atoms with Gasteiger partial charge in [0.15, 0.2) is 0 Å². The summed E-state index contributed by atoms with van der Waals surface area (Å²) in [5, 5.41) is 0. The number of methoxy groups -OCH3 is 3. The Balaban J connectivity index is 5.35. The van der Waals surface area contributed by atoms with Gasteiger partial charge in [0.25, 0.3) is 0 Å². The molecule has 6 nitrogen and oxygen atoms in total. The van der Waals surface area contributed by atoms with E-state index in [2.05, 4.69) is 4.43 Å². The molecule has 0 spiro atoms. The van der Waals surface area contributed by atoms with Gasteiger partial charge in [-0.05, 0) is 6.42 Å². The Hall–Kier alpha value is -0.443. The number of rotatable bonds is 12. The maximum absolute atomic E-state index is 12.8. The third-order valence-electron chi connectivity index (χ3n) is 2.78. The fourth-order valence-electron chi connectivity index (χ4n) is 1.80. The van der Waals surface area contributed by atoms with Crippen molar-refractivity contribution in [1.29, 1.82) is 0 Å². The van der Waals surface area contributed by atoms with Gasteiger partial charge in [0.05, 0.1) is 0 Å². The van der Waals surface area contributed by atoms with Crippen LogP contribution in [-0.2, 0) is 27.5 Å². The van der Waals surface area contributed by atoms with Crippen LogP contribution in [0.4, 0.5) is 26.3 Å². The van der Waals surface area contributed by atoms with Gasteiger partial charge in [-0.3, -0.25) is 8.85 Å². The van der Waals surface area contributed by atoms with E-state index < -0.39 is 47.0 Å². The van der Waals surface area contributed by atoms with Crippen molar-refractivity contribution >= 4 is 8.80 Å². The summed E-state index contributed by atoms with van der Waals surface area (Å²) in [4.78, 5) is 0. The van der Waals surface area contributed by atoms with Gasteiger partial charge in [-0.15, -0.1) is 13.2 Å². The lowest BCUT2D eigenvalue weighted by Crippen LogP contribution is -2.57. The molecule has 0 amide bonds. The van der Waals surface area contributed by atoms with Crippen LogP contribution in [0.15, 0.2) is 0 Å². The first-order valence-corrected chi connectivity index (χ1v) is 9.13. The Kier molecular flexibility index (Phi) is 9.86. The highest BCUT2D eigenvalue weighted by Crippen LogP contribution is 2.33. The van der Waals surface area contributed by atoms with E-state index in [1.165, 1.54) is 6.92 Å². The van der Waals surface area contributed by atoms with E-state index >= 15 is 0 Å². The fourth-order valence-corrected chi connectivity index (χ4v) is 4.36. The first-order chi connectivity index (χ1) is 11.4. The molecule has 0 aromatic carbocycles. The molecule has 0 saturated carbocycles. The van der Waals surface area contributed by atoms with E-state index in [1.54, 1.807) is 0 Å². The molecule has 0 aliphatic carbocycles. The molecule has 0 heterocycles. The van der Waals surface area contributed by atoms with Gasteiger partial charge in [-0.1, -0.05) is 13.3 Å². The van der Waals surface area contributed by atoms with Crippen LogP contribution in [0.5, 0.6) is 0 Å². The van der Waals surface area contributed by atoms with Crippen LogP contribution < -0.4 is 0 Å². The molecular weight excluding hydrogens is 382 g/mol. The first-order valence-electron chi connectivity index (χ1n) is 7.19. The van der Waals surface area contributed by atoms with Crippen molar-refractivity contribution in [3.8, 4) is 0 Å². The van der Waals surface area contributed by atoms with Gasteiger partial charge in [0.2, 0.25) is 0 Å². The molecule has 0 fully saturated rings. The second kappa shape index (κ2) is 10.0. The van der Waals surface area contributed by atoms with Crippen molar-refractivity contribution in [3.63, 3.8) is 0 Å². The van der Waals surface area contributed by atoms with Crippen molar-refractivity contribution in [3.05, 3.63) is 0 Å². The molecule has 0 aromatic heterocycles. The topological polar surface area (TPSA) is 55.4 Å². The van der Waals surface area contributed by atoms with Crippen LogP contribution in [0.1, 0.15) is 26.2 Å². The van der Waals surface area contributed by atoms with Crippen LogP contribution in [0, 0.1) is 0 Å². The van der Waals surface area contributed by atoms with Crippen molar-refractivity contribution < 1.29 is 53.8 Å². The maximum Gasteiger partial charge on any atom is 0.516 e. The molecule has 25 heavy (non-hydrogen) atoms. The summed E-state index contributed by atoms with van der Waals surface area (Å²) < 4.78 is 104. The molecule has 0 saturated heterocycles. The highest BCUT2D eigenvalue weighted by Gasteiger charge is 2.56. The predicted octanol–water partition coefficient (Wildman–Crippen LogP) is 3.80. The van der Waals surface area contributed by atoms with Gasteiger partial charge < -0.3 is 18.6 Å². The van der Waals surface area contributed by atoms with Crippen LogP contribution in [0.2, 0.25) is 6.04 Å². The lowest BCUT2D eigenvalue weighted by Gasteiger charge is -2.37. The Morgan fingerprint density at radius 3 is 1.72 bits per heavy atom. The highest BCUT2D eigenvalue weighted by molar-refractivity contribution is 6.60. The van der Waals surface area contributed by atoms with E-state index in [0.29, 0.717) is 0 Å². The first kappa shape index (κ1) is 24.6. The molecule has 0 rings (SSSR count). The molecule has 0 aliphatic rings. The second-order valence-electron chi connectivity index (χ2n) is 4.76. The summed E-state index contributed by atoms with van der Waals surface area (Å²) in [6.07, 6.45) is -13.6. The highest BCUT2D eigenvalue weighted by atomic mass is 28.4. The lowest BCUT2D eigenvalue weighted by molar-refractivity contribution is -0.464. The van der Waals surface area contributed by atoms with E-state index in [1.807, 2.05) is 0 Å². The van der Waals surface area contributed by atoms with Gasteiger partial charge in [0.1, 0.15) is 0 Å². The monoisotopic (exact) mass is 404 g/mol. The summed E-state index contributed by atoms with van der Waals surface area (Å²) in [6, 6.07) is -0.351. The minimum absolute atomic E-state index is 0.134. The van der Waals surface area contributed by atoms with Gasteiger partial charge in [-0.2, -0.15) is 13.2 Å². The Labute approximate surface area is 142 Å². The molecular formula is C12H22F6O6Si. The zero-order chi connectivity index (χ0) is 19.8. The number of alkyl halides is 6. The Morgan fingerprint density at radius 2 is 1.36 bits per heavy atom. The standard InChI is InChI=1S/C12H22F6O6Si/c1-5-9-25(23-11(16,17)18,22-8-6-7-10(13,14)15)24-12(19-2,20-3)21-4/h5-9H2,1-4H3. The smallest absolute Gasteiger partial charge is 0.373 e. The number of hydrogen-bond acceptors (Lipinski definition) is 6. The predicted molar refractivity (Wildman–Crippen MR) is 74.1 cm³/mol. The molecule has 0 radical (unpaired) electrons. The number of ether oxygens (including phenoxy) is 3. The van der Waals surface area contributed by atoms with Crippen LogP contribution in [-0.4, -0.2) is 55.4 Å². The van der Waals surface area contributed by atoms with E-state index in [4.69, 9.17) is 23.1 Å². The minimum atomic E-state index is -5.15. The molecule has 1 atom stereocenters. The average molecular weight is 404 g/mol. The van der Waals surface area contributed by atoms with Crippen molar-refractivity contribution in [2.45, 2.75) is 50.9 Å². The second-order valence-corrected chi connectivity index (χ2v) is 7.33. The SMILES string of the molecule is CCC[Si](OCCCC(F)(F)F)(OC(F)(F)F)OC(OC)(OC)OC. The molecule has 0 N–H and O–H groups in total. The molecule has 0 aliphatic heterocycles. The fraction of sp³-hybridized carbons (Fsp3) is 1.00. The van der Waals surface area contributed by atoms with Crippen molar-refractivity contribution in [2.24, 2.45) is 0 Å². The van der Waals surface area contributed by atoms with E-state index in [0.717, 1.165) is 21.3 Å². The third kappa shape index (κ3) is 9.72. The molecule has 152 valence electrons. The summed E-state index contributed by atoms with van der Waals surface area (Å²) in [5.41, 5.74) is 0. The van der Waals surface area contributed by atoms with Crippen LogP contribution in [0.25, 0.3) is 0 Å². The molecule has 0 aromatic rings. The molecule has 0 bridgehead atoms. The Bertz CT molecular complexity index is 368. The van der Waals surface area contributed by atoms with Crippen LogP contribution in [0.3, 0.4) is 0 Å². The van der Waals surface area contributed by atoms with Crippen molar-refractivity contribution in [2.75, 3.05) is 27.9 Å². The molecule has 1 unspecified atom stereocenters. The van der Waals surface area contributed by atoms with Gasteiger partial charge in [-0.25, -0.2) is 0 Å². The van der Waals surface area contributed by atoms with Gasteiger partial charge in [0, 0.05) is 40.4 Å². The third-order valence-corrected chi connectivity index (χ3v) is 5.64. The normalized spacial score (nSPS) is 16.1. The zero-order valence-electron chi connectivity index (χ0n) is 14.3. The molecule has 13 heteroatoms. The maximum atomic E-state index is 12.8. The summed E-state index contributed by atoms with van der Waals surface area (Å²) in [7, 11) is -1.48. The summed E-state index contributed by atoms with van der Waals surface area (Å²) in [5.74, 6) is 0. The van der Waals surface area contributed by atoms with E-state index in [9.17, 15) is 26.3 Å². The zero-order valence-corrected chi connectivity index (χ0v) is 15.3. The van der Waals surface area contributed by atoms with Crippen molar-refractivity contribution in [1.82, 2.24) is 0 Å². The Morgan fingerprint density at radius 1 is 0.840 bits per heavy atom. The summed E-state index contributed by atoms with van der Waals surface area (Å²) >= 11 is 0. The van der Waals surface area contributed by atoms with E-state index in [-0.39, 0.29) is 12.5 Å². The number of halogens is 6. The van der Waals surface area contributed by atoms with Crippen LogP contribution >= 0.6 is 0 Å². The summed E-state index contributed by atoms with van der Waals surface area (Å²) in [6.45, 7) is 0.868. The lowest BCUT2D eigenvalue weighted by atomic mass is 10.3. The average Bonchev–Trinajstić information content (AvgIpc) is 2.47. The number of hydrogen-bond donors (Lipinski definition) is 0.